The fraction of sp³-hybridized carbons (Fsp3) is 0.281. The number of nitrogens with one attached hydrogen (secondary N) is 2. The monoisotopic (exact) mass is 521 g/mol. The fourth-order valence-electron chi connectivity index (χ4n) is 5.95. The number of rotatable bonds is 8. The van der Waals surface area contributed by atoms with E-state index in [1.165, 1.54) is 5.69 Å². The molecule has 1 aromatic heterocycles. The molecule has 39 heavy (non-hydrogen) atoms. The fourth-order valence-corrected chi connectivity index (χ4v) is 5.95. The minimum atomic E-state index is -0.784. The molecular weight excluding hydrogens is 486 g/mol. The lowest BCUT2D eigenvalue weighted by molar-refractivity contribution is 0.0668. The van der Waals surface area contributed by atoms with Gasteiger partial charge >= 0.3 is 0 Å². The summed E-state index contributed by atoms with van der Waals surface area (Å²) in [6, 6.07) is 24.8. The number of anilines is 2. The maximum absolute atomic E-state index is 14.1. The second kappa shape index (κ2) is 9.82. The highest BCUT2D eigenvalue weighted by Crippen LogP contribution is 2.58. The molecule has 0 atom stereocenters. The summed E-state index contributed by atoms with van der Waals surface area (Å²) in [6.45, 7) is 2.07. The third-order valence-electron chi connectivity index (χ3n) is 7.91. The number of carbonyl (C=O) groups excluding carboxylic acids is 1. The van der Waals surface area contributed by atoms with E-state index in [2.05, 4.69) is 68.6 Å². The van der Waals surface area contributed by atoms with Crippen molar-refractivity contribution < 1.29 is 9.53 Å². The van der Waals surface area contributed by atoms with E-state index in [9.17, 15) is 4.79 Å². The zero-order valence-corrected chi connectivity index (χ0v) is 23.0. The van der Waals surface area contributed by atoms with Gasteiger partial charge in [-0.2, -0.15) is 0 Å². The lowest BCUT2D eigenvalue weighted by Crippen LogP contribution is -2.49. The molecule has 0 unspecified atom stereocenters. The molecule has 200 valence electrons. The van der Waals surface area contributed by atoms with Crippen LogP contribution in [-0.2, 0) is 12.0 Å². The van der Waals surface area contributed by atoms with Gasteiger partial charge in [-0.1, -0.05) is 30.3 Å². The Labute approximate surface area is 230 Å². The predicted molar refractivity (Wildman–Crippen MR) is 156 cm³/mol. The van der Waals surface area contributed by atoms with Crippen molar-refractivity contribution in [2.75, 3.05) is 57.6 Å². The Morgan fingerprint density at radius 3 is 2.10 bits per heavy atom. The van der Waals surface area contributed by atoms with Gasteiger partial charge in [-0.3, -0.25) is 4.79 Å². The Morgan fingerprint density at radius 1 is 0.821 bits per heavy atom. The van der Waals surface area contributed by atoms with Crippen molar-refractivity contribution in [3.05, 3.63) is 107 Å². The van der Waals surface area contributed by atoms with Crippen molar-refractivity contribution in [2.45, 2.75) is 12.0 Å². The molecule has 0 saturated carbocycles. The van der Waals surface area contributed by atoms with Crippen molar-refractivity contribution in [1.29, 1.82) is 0 Å². The number of carbonyl (C=O) groups is 1. The molecule has 3 heterocycles. The lowest BCUT2D eigenvalue weighted by Gasteiger charge is -2.44. The van der Waals surface area contributed by atoms with Crippen molar-refractivity contribution in [1.82, 2.24) is 15.2 Å². The van der Waals surface area contributed by atoms with Crippen LogP contribution in [0.15, 0.2) is 79.0 Å². The molecular formula is C32H35N5O2. The van der Waals surface area contributed by atoms with Gasteiger partial charge < -0.3 is 29.7 Å². The molecule has 2 N–H and O–H groups in total. The van der Waals surface area contributed by atoms with Crippen LogP contribution in [0.2, 0.25) is 0 Å². The average Bonchev–Trinajstić information content (AvgIpc) is 3.54. The molecule has 4 aromatic rings. The summed E-state index contributed by atoms with van der Waals surface area (Å²) >= 11 is 0. The molecule has 0 fully saturated rings. The number of aromatic amines is 1. The smallest absolute Gasteiger partial charge is 0.255 e. The van der Waals surface area contributed by atoms with Crippen LogP contribution in [0.3, 0.4) is 0 Å². The van der Waals surface area contributed by atoms with Crippen LogP contribution in [0.4, 0.5) is 11.4 Å². The third-order valence-corrected chi connectivity index (χ3v) is 7.91. The molecule has 7 heteroatoms. The summed E-state index contributed by atoms with van der Waals surface area (Å²) in [5, 5.41) is 3.56. The highest BCUT2D eigenvalue weighted by Gasteiger charge is 2.56. The lowest BCUT2D eigenvalue weighted by atomic mass is 9.74. The Morgan fingerprint density at radius 2 is 1.49 bits per heavy atom. The highest BCUT2D eigenvalue weighted by atomic mass is 16.5. The summed E-state index contributed by atoms with van der Waals surface area (Å²) in [5.41, 5.74) is 6.24. The number of H-pyrrole nitrogens is 1. The maximum atomic E-state index is 14.1. The van der Waals surface area contributed by atoms with Gasteiger partial charge in [0.25, 0.3) is 5.91 Å². The normalized spacial score (nSPS) is 14.6. The summed E-state index contributed by atoms with van der Waals surface area (Å²) in [7, 11) is 8.10. The van der Waals surface area contributed by atoms with Crippen molar-refractivity contribution >= 4 is 17.3 Å². The molecule has 6 rings (SSSR count). The van der Waals surface area contributed by atoms with E-state index >= 15 is 0 Å². The first-order chi connectivity index (χ1) is 18.9. The molecule has 1 spiro atoms. The molecule has 7 nitrogen and oxygen atoms in total. The Balaban J connectivity index is 1.47. The third kappa shape index (κ3) is 4.05. The van der Waals surface area contributed by atoms with Crippen molar-refractivity contribution in [3.8, 4) is 11.5 Å². The number of amides is 1. The number of fused-ring (bicyclic) bond motifs is 6. The van der Waals surface area contributed by atoms with E-state index in [-0.39, 0.29) is 5.91 Å². The molecule has 0 saturated heterocycles. The topological polar surface area (TPSA) is 63.8 Å². The Bertz CT molecular complexity index is 1450. The van der Waals surface area contributed by atoms with E-state index in [1.807, 2.05) is 63.6 Å². The minimum absolute atomic E-state index is 0.0453. The van der Waals surface area contributed by atoms with E-state index < -0.39 is 5.54 Å². The van der Waals surface area contributed by atoms with Gasteiger partial charge in [-0.05, 0) is 42.3 Å². The van der Waals surface area contributed by atoms with Crippen molar-refractivity contribution in [3.63, 3.8) is 0 Å². The number of nitrogens with zero attached hydrogens (tertiary/aromatic N) is 3. The number of benzene rings is 3. The number of hydrogen-bond donors (Lipinski definition) is 2. The quantitative estimate of drug-likeness (QED) is 0.325. The summed E-state index contributed by atoms with van der Waals surface area (Å²) in [5.74, 6) is 1.60. The van der Waals surface area contributed by atoms with Gasteiger partial charge in [0.15, 0.2) is 0 Å². The van der Waals surface area contributed by atoms with Crippen LogP contribution in [-0.4, -0.2) is 63.6 Å². The SMILES string of the molecule is CN(C)c1ccc2c(c1)Oc1cc(N(C)C)ccc1C21c2ccccc2C(=O)N1CCNCCc1ccc[nH]1. The van der Waals surface area contributed by atoms with Crippen LogP contribution >= 0.6 is 0 Å². The van der Waals surface area contributed by atoms with Gasteiger partial charge in [-0.25, -0.2) is 0 Å². The van der Waals surface area contributed by atoms with Gasteiger partial charge in [0.05, 0.1) is 0 Å². The maximum Gasteiger partial charge on any atom is 0.255 e. The van der Waals surface area contributed by atoms with Crippen LogP contribution in [0, 0.1) is 0 Å². The summed E-state index contributed by atoms with van der Waals surface area (Å²) in [4.78, 5) is 23.6. The Kier molecular flexibility index (Phi) is 6.31. The Hall–Kier alpha value is -4.23. The van der Waals surface area contributed by atoms with Crippen LogP contribution in [0.1, 0.15) is 32.7 Å². The molecule has 0 aliphatic carbocycles. The molecule has 3 aromatic carbocycles. The van der Waals surface area contributed by atoms with Gasteiger partial charge in [0.1, 0.15) is 17.0 Å². The second-order valence-corrected chi connectivity index (χ2v) is 10.7. The van der Waals surface area contributed by atoms with Gasteiger partial charge in [0.2, 0.25) is 0 Å². The summed E-state index contributed by atoms with van der Waals surface area (Å²) < 4.78 is 6.62. The zero-order valence-electron chi connectivity index (χ0n) is 23.0. The summed E-state index contributed by atoms with van der Waals surface area (Å²) in [6.07, 6.45) is 2.86. The largest absolute Gasteiger partial charge is 0.456 e. The van der Waals surface area contributed by atoms with Gasteiger partial charge in [0, 0.05) is 99.9 Å². The van der Waals surface area contributed by atoms with Crippen LogP contribution in [0.25, 0.3) is 0 Å². The molecule has 1 amide bonds. The average molecular weight is 522 g/mol. The number of ether oxygens (including phenoxy) is 1. The van der Waals surface area contributed by atoms with Crippen molar-refractivity contribution in [2.24, 2.45) is 0 Å². The minimum Gasteiger partial charge on any atom is -0.456 e. The van der Waals surface area contributed by atoms with Crippen LogP contribution in [0.5, 0.6) is 11.5 Å². The molecule has 2 aliphatic heterocycles. The first-order valence-electron chi connectivity index (χ1n) is 13.5. The first-order valence-corrected chi connectivity index (χ1v) is 13.5. The molecule has 2 aliphatic rings. The molecule has 0 radical (unpaired) electrons. The van der Waals surface area contributed by atoms with E-state index in [0.717, 1.165) is 58.1 Å². The number of hydrogen-bond acceptors (Lipinski definition) is 5. The number of aromatic nitrogens is 1. The van der Waals surface area contributed by atoms with E-state index in [4.69, 9.17) is 4.74 Å². The second-order valence-electron chi connectivity index (χ2n) is 10.7. The molecule has 0 bridgehead atoms. The van der Waals surface area contributed by atoms with E-state index in [1.54, 1.807) is 0 Å². The van der Waals surface area contributed by atoms with Gasteiger partial charge in [-0.15, -0.1) is 0 Å². The highest BCUT2D eigenvalue weighted by molar-refractivity contribution is 6.02. The van der Waals surface area contributed by atoms with E-state index in [0.29, 0.717) is 13.1 Å². The first kappa shape index (κ1) is 25.1. The van der Waals surface area contributed by atoms with Crippen LogP contribution < -0.4 is 19.9 Å². The standard InChI is InChI=1S/C32H35N5O2/c1-35(2)23-11-13-27-29(20-23)39-30-21-24(36(3)4)12-14-28(30)32(27)26-10-6-5-9-25(26)31(38)37(32)19-18-33-17-15-22-8-7-16-34-22/h5-14,16,20-21,33-34H,15,17-19H2,1-4H3. The zero-order chi connectivity index (χ0) is 27.1. The predicted octanol–water partition coefficient (Wildman–Crippen LogP) is 4.83.